The smallest absolute Gasteiger partial charge is 0.349 e. The van der Waals surface area contributed by atoms with Gasteiger partial charge < -0.3 is 10.6 Å². The third-order valence-electron chi connectivity index (χ3n) is 18.3. The summed E-state index contributed by atoms with van der Waals surface area (Å²) >= 11 is 0. The number of hydrogen-bond donors (Lipinski definition) is 2. The van der Waals surface area contributed by atoms with Crippen molar-refractivity contribution in [2.45, 2.75) is 129 Å². The fraction of sp³-hybridized carbons (Fsp3) is 0.696. The van der Waals surface area contributed by atoms with Crippen LogP contribution in [0.3, 0.4) is 0 Å². The maximum absolute atomic E-state index is 15.0. The van der Waals surface area contributed by atoms with Gasteiger partial charge in [0.25, 0.3) is 5.91 Å². The van der Waals surface area contributed by atoms with Crippen molar-refractivity contribution in [1.82, 2.24) is 10.2 Å². The normalized spacial score (nSPS) is 43.7. The largest absolute Gasteiger partial charge is 0.418 e. The number of nitrogens with zero attached hydrogens (tertiary/aromatic N) is 1. The summed E-state index contributed by atoms with van der Waals surface area (Å²) in [5, 5.41) is 5.50. The molecule has 1 aromatic rings. The quantitative estimate of drug-likeness (QED) is 0.235. The molecular weight excluding hydrogens is 773 g/mol. The molecule has 0 aromatic heterocycles. The molecule has 6 aliphatic carbocycles. The maximum Gasteiger partial charge on any atom is 0.418 e. The molecule has 2 heterocycles. The second-order valence-electron chi connectivity index (χ2n) is 20.5. The van der Waals surface area contributed by atoms with Crippen molar-refractivity contribution in [3.63, 3.8) is 0 Å². The lowest BCUT2D eigenvalue weighted by atomic mass is 9.47. The van der Waals surface area contributed by atoms with E-state index in [9.17, 15) is 40.7 Å². The van der Waals surface area contributed by atoms with Crippen LogP contribution in [-0.4, -0.2) is 40.6 Å². The van der Waals surface area contributed by atoms with Gasteiger partial charge >= 0.3 is 12.4 Å². The molecule has 0 bridgehead atoms. The summed E-state index contributed by atoms with van der Waals surface area (Å²) in [7, 11) is 0. The van der Waals surface area contributed by atoms with E-state index in [1.165, 1.54) is 0 Å². The first-order valence-corrected chi connectivity index (χ1v) is 21.8. The molecule has 4 amide bonds. The molecule has 9 rings (SSSR count). The molecule has 0 saturated heterocycles. The number of carbonyl (C=O) groups is 4. The van der Waals surface area contributed by atoms with E-state index in [1.54, 1.807) is 17.1 Å². The molecule has 59 heavy (non-hydrogen) atoms. The van der Waals surface area contributed by atoms with Crippen molar-refractivity contribution >= 4 is 29.3 Å². The van der Waals surface area contributed by atoms with Gasteiger partial charge in [-0.05, 0) is 148 Å². The predicted molar refractivity (Wildman–Crippen MR) is 207 cm³/mol. The van der Waals surface area contributed by atoms with Gasteiger partial charge in [-0.2, -0.15) is 26.3 Å². The van der Waals surface area contributed by atoms with E-state index in [0.717, 1.165) is 44.9 Å². The highest BCUT2D eigenvalue weighted by Crippen LogP contribution is 2.68. The van der Waals surface area contributed by atoms with Crippen LogP contribution >= 0.6 is 0 Å². The molecule has 0 radical (unpaired) electrons. The number of imide groups is 1. The molecule has 0 spiro atoms. The first kappa shape index (κ1) is 40.7. The molecule has 320 valence electrons. The zero-order chi connectivity index (χ0) is 42.2. The molecular formula is C46H55F6N3O4. The third kappa shape index (κ3) is 6.02. The zero-order valence-electron chi connectivity index (χ0n) is 34.1. The first-order chi connectivity index (χ1) is 27.6. The molecule has 7 nitrogen and oxygen atoms in total. The van der Waals surface area contributed by atoms with Crippen LogP contribution in [0.2, 0.25) is 0 Å². The van der Waals surface area contributed by atoms with Crippen molar-refractivity contribution in [3.05, 3.63) is 53.6 Å². The molecule has 2 N–H and O–H groups in total. The lowest BCUT2D eigenvalue weighted by molar-refractivity contribution is -0.164. The topological polar surface area (TPSA) is 95.6 Å². The maximum atomic E-state index is 15.0. The number of nitrogens with one attached hydrogen (secondary N) is 2. The molecule has 8 aliphatic rings. The van der Waals surface area contributed by atoms with Crippen LogP contribution < -0.4 is 10.6 Å². The predicted octanol–water partition coefficient (Wildman–Crippen LogP) is 9.73. The van der Waals surface area contributed by atoms with Crippen LogP contribution in [0, 0.1) is 69.0 Å². The van der Waals surface area contributed by atoms with Crippen molar-refractivity contribution in [2.24, 2.45) is 69.0 Å². The van der Waals surface area contributed by atoms with Gasteiger partial charge in [-0.15, -0.1) is 0 Å². The van der Waals surface area contributed by atoms with Crippen LogP contribution in [0.25, 0.3) is 0 Å². The van der Waals surface area contributed by atoms with E-state index < -0.39 is 51.8 Å². The highest BCUT2D eigenvalue weighted by molar-refractivity contribution is 6.03. The Bertz CT molecular complexity index is 2030. The Morgan fingerprint density at radius 2 is 1.29 bits per heavy atom. The minimum Gasteiger partial charge on any atom is -0.349 e. The Kier molecular flexibility index (Phi) is 9.27. The standard InChI is InChI=1S/C46H55F6N3O4/c1-41-19-16-30-26(27(41)9-11-32(41)39(58)53-34-23-24(45(47,48)49)5-8-31(34)46(50,51)52)7-14-36-44(30,4)22-18-38(57)55(36)40(59)33-12-10-28-25-6-13-35-43(3,21-17-37(56)54-35)29(25)15-20-42(28,33)2/h5,8,17-18,21-23,25-30,32-33,35-36H,6-7,9-16,19-20H2,1-4H3,(H,53,58)(H,54,56)/t25-,26-,27?,28?,29?,30?,32+,33+,35+,36+,41-,42-,43+,44+/m0/s1. The number of amides is 4. The number of benzene rings is 1. The summed E-state index contributed by atoms with van der Waals surface area (Å²) in [6.07, 6.45) is 6.71. The SMILES string of the molecule is C[C@]12CCC3[C@@H](CC[C@H]4NC(=O)C=C[C@]34C)C1CC[C@@H]2C(=O)N1C(=O)C=C[C@]2(C)C3CC[C@@]4(C)C(CC[C@@H]4C(=O)Nc4cc(C(F)(F)F)ccc4C(F)(F)F)[C@@H]3CC[C@@H]12. The van der Waals surface area contributed by atoms with Gasteiger partial charge in [0, 0.05) is 40.8 Å². The number of hydrogen-bond acceptors (Lipinski definition) is 4. The second kappa shape index (κ2) is 13.4. The minimum atomic E-state index is -4.96. The average Bonchev–Trinajstić information content (AvgIpc) is 3.71. The Morgan fingerprint density at radius 3 is 1.93 bits per heavy atom. The zero-order valence-corrected chi connectivity index (χ0v) is 34.1. The van der Waals surface area contributed by atoms with Gasteiger partial charge in [0.05, 0.1) is 16.8 Å². The van der Waals surface area contributed by atoms with E-state index in [-0.39, 0.29) is 64.3 Å². The Morgan fingerprint density at radius 1 is 0.695 bits per heavy atom. The number of alkyl halides is 6. The number of carbonyl (C=O) groups excluding carboxylic acids is 4. The summed E-state index contributed by atoms with van der Waals surface area (Å²) in [4.78, 5) is 56.7. The second-order valence-corrected chi connectivity index (χ2v) is 20.5. The van der Waals surface area contributed by atoms with Crippen LogP contribution in [0.5, 0.6) is 0 Å². The van der Waals surface area contributed by atoms with E-state index >= 15 is 4.79 Å². The molecule has 4 unspecified atom stereocenters. The Hall–Kier alpha value is -3.64. The fourth-order valence-electron chi connectivity index (χ4n) is 15.4. The molecule has 6 saturated carbocycles. The summed E-state index contributed by atoms with van der Waals surface area (Å²) in [6, 6.07) is 0.929. The van der Waals surface area contributed by atoms with E-state index in [0.29, 0.717) is 68.1 Å². The van der Waals surface area contributed by atoms with Crippen LogP contribution in [0.1, 0.15) is 116 Å². The number of anilines is 1. The molecule has 2 aliphatic heterocycles. The van der Waals surface area contributed by atoms with Gasteiger partial charge in [-0.1, -0.05) is 39.8 Å². The van der Waals surface area contributed by atoms with Crippen LogP contribution in [-0.2, 0) is 31.5 Å². The number of fused-ring (bicyclic) bond motifs is 10. The highest BCUT2D eigenvalue weighted by Gasteiger charge is 2.65. The van der Waals surface area contributed by atoms with Crippen molar-refractivity contribution < 1.29 is 45.5 Å². The molecule has 1 aromatic carbocycles. The summed E-state index contributed by atoms with van der Waals surface area (Å²) in [5.41, 5.74) is -4.92. The lowest BCUT2D eigenvalue weighted by Crippen LogP contribution is -2.63. The van der Waals surface area contributed by atoms with E-state index in [1.807, 2.05) is 13.0 Å². The van der Waals surface area contributed by atoms with Crippen molar-refractivity contribution in [1.29, 1.82) is 0 Å². The highest BCUT2D eigenvalue weighted by atomic mass is 19.4. The summed E-state index contributed by atoms with van der Waals surface area (Å²) in [6.45, 7) is 8.72. The van der Waals surface area contributed by atoms with E-state index in [2.05, 4.69) is 37.5 Å². The van der Waals surface area contributed by atoms with Crippen LogP contribution in [0.4, 0.5) is 32.0 Å². The van der Waals surface area contributed by atoms with Crippen molar-refractivity contribution in [2.75, 3.05) is 5.32 Å². The van der Waals surface area contributed by atoms with Gasteiger partial charge in [0.1, 0.15) is 0 Å². The van der Waals surface area contributed by atoms with Crippen molar-refractivity contribution in [3.8, 4) is 0 Å². The molecule has 6 fully saturated rings. The lowest BCUT2D eigenvalue weighted by Gasteiger charge is -2.61. The van der Waals surface area contributed by atoms with Gasteiger partial charge in [0.2, 0.25) is 17.7 Å². The Labute approximate surface area is 341 Å². The Balaban J connectivity index is 0.925. The molecule has 14 atom stereocenters. The van der Waals surface area contributed by atoms with E-state index in [4.69, 9.17) is 0 Å². The minimum absolute atomic E-state index is 0.0279. The van der Waals surface area contributed by atoms with Gasteiger partial charge in [0.15, 0.2) is 0 Å². The summed E-state index contributed by atoms with van der Waals surface area (Å²) < 4.78 is 82.4. The third-order valence-corrected chi connectivity index (χ3v) is 18.3. The van der Waals surface area contributed by atoms with Crippen LogP contribution in [0.15, 0.2) is 42.5 Å². The average molecular weight is 828 g/mol. The molecule has 13 heteroatoms. The number of rotatable bonds is 3. The number of halogens is 6. The van der Waals surface area contributed by atoms with Gasteiger partial charge in [-0.25, -0.2) is 0 Å². The first-order valence-electron chi connectivity index (χ1n) is 21.8. The summed E-state index contributed by atoms with van der Waals surface area (Å²) in [5.74, 6) is -0.508. The van der Waals surface area contributed by atoms with Gasteiger partial charge in [-0.3, -0.25) is 24.1 Å². The monoisotopic (exact) mass is 827 g/mol. The fourth-order valence-corrected chi connectivity index (χ4v) is 15.4.